The summed E-state index contributed by atoms with van der Waals surface area (Å²) >= 11 is 0. The zero-order chi connectivity index (χ0) is 28.7. The van der Waals surface area contributed by atoms with Gasteiger partial charge in [0.2, 0.25) is 11.8 Å². The van der Waals surface area contributed by atoms with E-state index in [1.165, 1.54) is 33.8 Å². The number of halogens is 3. The third-order valence-electron chi connectivity index (χ3n) is 6.93. The van der Waals surface area contributed by atoms with Crippen LogP contribution in [0.4, 0.5) is 30.5 Å². The Balaban J connectivity index is 1.36. The van der Waals surface area contributed by atoms with Gasteiger partial charge in [0.1, 0.15) is 17.7 Å². The van der Waals surface area contributed by atoms with Gasteiger partial charge in [0, 0.05) is 37.6 Å². The largest absolute Gasteiger partial charge is 0.489 e. The quantitative estimate of drug-likeness (QED) is 0.336. The third kappa shape index (κ3) is 5.29. The van der Waals surface area contributed by atoms with Crippen LogP contribution in [0.5, 0.6) is 11.6 Å². The van der Waals surface area contributed by atoms with Crippen LogP contribution in [0.15, 0.2) is 60.0 Å². The van der Waals surface area contributed by atoms with Crippen LogP contribution < -0.4 is 25.2 Å². The minimum atomic E-state index is -4.52. The predicted molar refractivity (Wildman–Crippen MR) is 147 cm³/mol. The van der Waals surface area contributed by atoms with E-state index in [2.05, 4.69) is 43.7 Å². The number of anilines is 3. The summed E-state index contributed by atoms with van der Waals surface area (Å²) in [7, 11) is 2.10. The van der Waals surface area contributed by atoms with E-state index in [0.29, 0.717) is 6.61 Å². The standard InChI is InChI=1S/C27H27F3N8O3/c1-3-9-37-25(39)19-13-31-26(34-24(19)38(37)22-5-4-6-23(33-22)41-16-27(28,29)30)32-17-7-8-21-20(12-17)36-11-10-35(2)14-18(36)15-40-21/h3-8,12-13,18H,1,9-11,14-16H2,2H3,(H,31,32,34)/t18-/m0/s1. The van der Waals surface area contributed by atoms with Crippen LogP contribution in [-0.4, -0.2) is 81.3 Å². The van der Waals surface area contributed by atoms with E-state index in [1.807, 2.05) is 18.2 Å². The second kappa shape index (κ2) is 10.4. The van der Waals surface area contributed by atoms with E-state index in [-0.39, 0.29) is 41.3 Å². The Bertz CT molecular complexity index is 1670. The molecule has 2 aliphatic heterocycles. The summed E-state index contributed by atoms with van der Waals surface area (Å²) in [6, 6.07) is 10.3. The van der Waals surface area contributed by atoms with Gasteiger partial charge in [-0.25, -0.2) is 14.3 Å². The molecule has 4 aromatic rings. The lowest BCUT2D eigenvalue weighted by molar-refractivity contribution is -0.154. The van der Waals surface area contributed by atoms with E-state index < -0.39 is 18.3 Å². The van der Waals surface area contributed by atoms with E-state index >= 15 is 0 Å². The Morgan fingerprint density at radius 2 is 2.07 bits per heavy atom. The Kier molecular flexibility index (Phi) is 6.77. The Labute approximate surface area is 232 Å². The zero-order valence-corrected chi connectivity index (χ0v) is 22.1. The molecule has 1 saturated heterocycles. The first-order valence-electron chi connectivity index (χ1n) is 13.0. The molecule has 1 N–H and O–H groups in total. The molecule has 1 aromatic carbocycles. The summed E-state index contributed by atoms with van der Waals surface area (Å²) in [6.45, 7) is 5.68. The Morgan fingerprint density at radius 3 is 2.88 bits per heavy atom. The number of likely N-dealkylation sites (N-methyl/N-ethyl adjacent to an activating group) is 1. The highest BCUT2D eigenvalue weighted by Crippen LogP contribution is 2.37. The fraction of sp³-hybridized carbons (Fsp3) is 0.333. The molecule has 0 bridgehead atoms. The maximum atomic E-state index is 13.2. The lowest BCUT2D eigenvalue weighted by Crippen LogP contribution is -2.56. The lowest BCUT2D eigenvalue weighted by atomic mass is 10.1. The maximum Gasteiger partial charge on any atom is 0.422 e. The van der Waals surface area contributed by atoms with Crippen molar-refractivity contribution in [2.75, 3.05) is 50.1 Å². The van der Waals surface area contributed by atoms with Crippen molar-refractivity contribution in [3.8, 4) is 17.4 Å². The van der Waals surface area contributed by atoms with Crippen molar-refractivity contribution in [1.29, 1.82) is 0 Å². The molecule has 214 valence electrons. The fourth-order valence-corrected chi connectivity index (χ4v) is 5.09. The van der Waals surface area contributed by atoms with Crippen molar-refractivity contribution in [3.63, 3.8) is 0 Å². The van der Waals surface area contributed by atoms with Gasteiger partial charge in [0.15, 0.2) is 18.1 Å². The van der Waals surface area contributed by atoms with E-state index in [1.54, 1.807) is 6.07 Å². The highest BCUT2D eigenvalue weighted by molar-refractivity contribution is 5.77. The van der Waals surface area contributed by atoms with Crippen molar-refractivity contribution in [1.82, 2.24) is 29.2 Å². The number of hydrogen-bond acceptors (Lipinski definition) is 9. The number of aromatic nitrogens is 5. The van der Waals surface area contributed by atoms with Crippen molar-refractivity contribution in [3.05, 3.63) is 65.6 Å². The molecule has 0 amide bonds. The average Bonchev–Trinajstić information content (AvgIpc) is 3.22. The summed E-state index contributed by atoms with van der Waals surface area (Å²) in [5.41, 5.74) is 1.53. The molecule has 1 fully saturated rings. The van der Waals surface area contributed by atoms with Crippen molar-refractivity contribution in [2.24, 2.45) is 0 Å². The first kappa shape index (κ1) is 26.6. The number of allylic oxidation sites excluding steroid dienone is 1. The molecule has 0 unspecified atom stereocenters. The van der Waals surface area contributed by atoms with Crippen LogP contribution in [0.2, 0.25) is 0 Å². The maximum absolute atomic E-state index is 13.2. The number of benzene rings is 1. The van der Waals surface area contributed by atoms with Crippen LogP contribution in [-0.2, 0) is 6.54 Å². The molecule has 2 aliphatic rings. The minimum absolute atomic E-state index is 0.101. The molecule has 3 aromatic heterocycles. The molecule has 14 heteroatoms. The number of alkyl halides is 3. The summed E-state index contributed by atoms with van der Waals surface area (Å²) in [6.07, 6.45) is -1.59. The molecule has 5 heterocycles. The number of fused-ring (bicyclic) bond motifs is 4. The molecule has 0 aliphatic carbocycles. The SMILES string of the molecule is C=CCn1c(=O)c2cnc(Nc3ccc4c(c3)N3CCN(C)C[C@H]3CO4)nc2n1-c1cccc(OCC(F)(F)F)n1. The fourth-order valence-electron chi connectivity index (χ4n) is 5.09. The molecule has 41 heavy (non-hydrogen) atoms. The predicted octanol–water partition coefficient (Wildman–Crippen LogP) is 3.36. The van der Waals surface area contributed by atoms with Gasteiger partial charge in [-0.15, -0.1) is 6.58 Å². The van der Waals surface area contributed by atoms with Gasteiger partial charge < -0.3 is 24.6 Å². The number of nitrogens with one attached hydrogen (secondary N) is 1. The lowest BCUT2D eigenvalue weighted by Gasteiger charge is -2.44. The number of ether oxygens (including phenoxy) is 2. The number of rotatable bonds is 7. The van der Waals surface area contributed by atoms with E-state index in [0.717, 1.165) is 36.8 Å². The van der Waals surface area contributed by atoms with Gasteiger partial charge in [0.25, 0.3) is 5.56 Å². The number of piperazine rings is 1. The van der Waals surface area contributed by atoms with Crippen molar-refractivity contribution >= 4 is 28.4 Å². The second-order valence-electron chi connectivity index (χ2n) is 9.88. The molecule has 0 spiro atoms. The highest BCUT2D eigenvalue weighted by Gasteiger charge is 2.32. The third-order valence-corrected chi connectivity index (χ3v) is 6.93. The monoisotopic (exact) mass is 568 g/mol. The summed E-state index contributed by atoms with van der Waals surface area (Å²) in [5, 5.41) is 3.42. The van der Waals surface area contributed by atoms with Gasteiger partial charge in [-0.2, -0.15) is 23.1 Å². The van der Waals surface area contributed by atoms with Gasteiger partial charge in [0.05, 0.1) is 18.3 Å². The summed E-state index contributed by atoms with van der Waals surface area (Å²) in [5.74, 6) is 0.931. The Morgan fingerprint density at radius 1 is 1.22 bits per heavy atom. The molecule has 6 rings (SSSR count). The number of nitrogens with zero attached hydrogens (tertiary/aromatic N) is 7. The zero-order valence-electron chi connectivity index (χ0n) is 22.1. The van der Waals surface area contributed by atoms with E-state index in [4.69, 9.17) is 9.47 Å². The topological polar surface area (TPSA) is 103 Å². The van der Waals surface area contributed by atoms with Crippen LogP contribution >= 0.6 is 0 Å². The summed E-state index contributed by atoms with van der Waals surface area (Å²) < 4.78 is 51.7. The van der Waals surface area contributed by atoms with E-state index in [9.17, 15) is 18.0 Å². The molecule has 0 radical (unpaired) electrons. The molecule has 0 saturated carbocycles. The van der Waals surface area contributed by atoms with Gasteiger partial charge in [-0.05, 0) is 31.3 Å². The Hall–Kier alpha value is -4.59. The first-order chi connectivity index (χ1) is 19.7. The van der Waals surface area contributed by atoms with Crippen LogP contribution in [0.3, 0.4) is 0 Å². The minimum Gasteiger partial charge on any atom is -0.489 e. The van der Waals surface area contributed by atoms with Gasteiger partial charge in [-0.3, -0.25) is 4.79 Å². The van der Waals surface area contributed by atoms with Gasteiger partial charge in [-0.1, -0.05) is 12.1 Å². The second-order valence-corrected chi connectivity index (χ2v) is 9.88. The number of pyridine rings is 1. The smallest absolute Gasteiger partial charge is 0.422 e. The first-order valence-corrected chi connectivity index (χ1v) is 13.0. The molecule has 11 nitrogen and oxygen atoms in total. The average molecular weight is 569 g/mol. The van der Waals surface area contributed by atoms with Crippen molar-refractivity contribution < 1.29 is 22.6 Å². The summed E-state index contributed by atoms with van der Waals surface area (Å²) in [4.78, 5) is 31.0. The molecular weight excluding hydrogens is 541 g/mol. The van der Waals surface area contributed by atoms with Gasteiger partial charge >= 0.3 is 6.18 Å². The molecular formula is C27H27F3N8O3. The number of hydrogen-bond donors (Lipinski definition) is 1. The highest BCUT2D eigenvalue weighted by atomic mass is 19.4. The van der Waals surface area contributed by atoms with Crippen molar-refractivity contribution in [2.45, 2.75) is 18.8 Å². The van der Waals surface area contributed by atoms with Crippen LogP contribution in [0.25, 0.3) is 16.9 Å². The van der Waals surface area contributed by atoms with Crippen LogP contribution in [0.1, 0.15) is 0 Å². The van der Waals surface area contributed by atoms with Crippen LogP contribution in [0, 0.1) is 0 Å². The normalized spacial score (nSPS) is 17.1. The molecule has 1 atom stereocenters.